The predicted molar refractivity (Wildman–Crippen MR) is 112 cm³/mol. The largest absolute Gasteiger partial charge is 0.469 e. The van der Waals surface area contributed by atoms with Gasteiger partial charge in [0.1, 0.15) is 0 Å². The number of methoxy groups -OCH3 is 1. The summed E-state index contributed by atoms with van der Waals surface area (Å²) in [6.45, 7) is 7.24. The van der Waals surface area contributed by atoms with Crippen molar-refractivity contribution in [1.82, 2.24) is 9.88 Å². The molecule has 1 fully saturated rings. The molecule has 1 saturated heterocycles. The second kappa shape index (κ2) is 9.58. The van der Waals surface area contributed by atoms with E-state index in [1.54, 1.807) is 4.90 Å². The summed E-state index contributed by atoms with van der Waals surface area (Å²) in [5, 5.41) is 1.05. The fourth-order valence-corrected chi connectivity index (χ4v) is 3.39. The van der Waals surface area contributed by atoms with Gasteiger partial charge in [0.25, 0.3) is 0 Å². The van der Waals surface area contributed by atoms with Crippen molar-refractivity contribution in [2.75, 3.05) is 44.8 Å². The first kappa shape index (κ1) is 20.9. The number of aromatic nitrogens is 1. The van der Waals surface area contributed by atoms with Crippen LogP contribution in [0.3, 0.4) is 0 Å². The number of carbonyl (C=O) groups excluding carboxylic acids is 2. The minimum absolute atomic E-state index is 0.219. The highest BCUT2D eigenvalue weighted by Gasteiger charge is 2.23. The van der Waals surface area contributed by atoms with Crippen LogP contribution in [0.1, 0.15) is 25.8 Å². The minimum atomic E-state index is -0.232. The van der Waals surface area contributed by atoms with Gasteiger partial charge < -0.3 is 19.3 Å². The molecule has 1 aliphatic heterocycles. The number of piperazine rings is 1. The number of anilines is 1. The summed E-state index contributed by atoms with van der Waals surface area (Å²) in [7, 11) is 1.40. The zero-order valence-corrected chi connectivity index (χ0v) is 17.4. The first-order valence-corrected chi connectivity index (χ1v) is 10.1. The van der Waals surface area contributed by atoms with Crippen molar-refractivity contribution in [3.63, 3.8) is 0 Å². The number of pyridine rings is 1. The van der Waals surface area contributed by atoms with E-state index in [0.29, 0.717) is 38.5 Å². The number of ether oxygens (including phenoxy) is 2. The molecule has 1 amide bonds. The van der Waals surface area contributed by atoms with E-state index in [0.717, 1.165) is 35.2 Å². The van der Waals surface area contributed by atoms with Crippen molar-refractivity contribution in [3.8, 4) is 0 Å². The molecular weight excluding hydrogens is 370 g/mol. The topological polar surface area (TPSA) is 72.0 Å². The molecule has 0 atom stereocenters. The van der Waals surface area contributed by atoms with Gasteiger partial charge in [-0.25, -0.2) is 4.79 Å². The minimum Gasteiger partial charge on any atom is -0.469 e. The van der Waals surface area contributed by atoms with Crippen molar-refractivity contribution in [1.29, 1.82) is 0 Å². The van der Waals surface area contributed by atoms with E-state index in [-0.39, 0.29) is 12.1 Å². The normalized spacial score (nSPS) is 14.3. The Labute approximate surface area is 171 Å². The van der Waals surface area contributed by atoms with Gasteiger partial charge in [0.15, 0.2) is 0 Å². The van der Waals surface area contributed by atoms with Crippen LogP contribution in [0.25, 0.3) is 10.9 Å². The maximum Gasteiger partial charge on any atom is 0.409 e. The number of carbonyl (C=O) groups is 2. The Bertz CT molecular complexity index is 860. The average molecular weight is 399 g/mol. The molecule has 0 saturated carbocycles. The molecule has 3 rings (SSSR count). The van der Waals surface area contributed by atoms with Gasteiger partial charge in [-0.05, 0) is 30.0 Å². The highest BCUT2D eigenvalue weighted by molar-refractivity contribution is 5.91. The van der Waals surface area contributed by atoms with Crippen LogP contribution in [-0.2, 0) is 20.7 Å². The Kier molecular flexibility index (Phi) is 6.90. The summed E-state index contributed by atoms with van der Waals surface area (Å²) in [5.41, 5.74) is 3.01. The highest BCUT2D eigenvalue weighted by atomic mass is 16.6. The Balaban J connectivity index is 1.66. The molecular formula is C22H29N3O4. The number of aryl methyl sites for hydroxylation is 1. The quantitative estimate of drug-likeness (QED) is 0.695. The van der Waals surface area contributed by atoms with Crippen LogP contribution >= 0.6 is 0 Å². The Morgan fingerprint density at radius 2 is 1.93 bits per heavy atom. The fourth-order valence-electron chi connectivity index (χ4n) is 3.39. The molecule has 0 N–H and O–H groups in total. The number of nitrogens with zero attached hydrogens (tertiary/aromatic N) is 3. The van der Waals surface area contributed by atoms with Crippen molar-refractivity contribution in [3.05, 3.63) is 36.0 Å². The number of esters is 1. The number of rotatable bonds is 6. The molecule has 7 heteroatoms. The smallest absolute Gasteiger partial charge is 0.409 e. The standard InChI is InChI=1S/C22H29N3O4/c1-16(2)15-29-22(27)25-11-9-24(10-12-25)19-6-4-5-18-13-17(14-23-21(18)19)7-8-20(26)28-3/h4-6,13-14,16H,7-12,15H2,1-3H3. The number of para-hydroxylation sites is 1. The first-order valence-electron chi connectivity index (χ1n) is 10.1. The third-order valence-corrected chi connectivity index (χ3v) is 5.01. The third-order valence-electron chi connectivity index (χ3n) is 5.01. The van der Waals surface area contributed by atoms with Crippen LogP contribution in [0.5, 0.6) is 0 Å². The molecule has 0 spiro atoms. The Hall–Kier alpha value is -2.83. The molecule has 0 bridgehead atoms. The first-order chi connectivity index (χ1) is 14.0. The van der Waals surface area contributed by atoms with E-state index < -0.39 is 0 Å². The summed E-state index contributed by atoms with van der Waals surface area (Å²) in [6, 6.07) is 8.20. The second-order valence-corrected chi connectivity index (χ2v) is 7.71. The van der Waals surface area contributed by atoms with Crippen LogP contribution in [0.4, 0.5) is 10.5 Å². The second-order valence-electron chi connectivity index (χ2n) is 7.71. The van der Waals surface area contributed by atoms with E-state index >= 15 is 0 Å². The number of benzene rings is 1. The number of amides is 1. The van der Waals surface area contributed by atoms with Gasteiger partial charge >= 0.3 is 12.1 Å². The molecule has 0 aliphatic carbocycles. The van der Waals surface area contributed by atoms with Gasteiger partial charge in [0.05, 0.1) is 24.9 Å². The zero-order chi connectivity index (χ0) is 20.8. The SMILES string of the molecule is COC(=O)CCc1cnc2c(N3CCN(C(=O)OCC(C)C)CC3)cccc2c1. The summed E-state index contributed by atoms with van der Waals surface area (Å²) in [4.78, 5) is 32.2. The van der Waals surface area contributed by atoms with Crippen LogP contribution in [0.2, 0.25) is 0 Å². The average Bonchev–Trinajstić information content (AvgIpc) is 2.75. The molecule has 1 aliphatic rings. The van der Waals surface area contributed by atoms with Crippen molar-refractivity contribution >= 4 is 28.7 Å². The number of fused-ring (bicyclic) bond motifs is 1. The lowest BCUT2D eigenvalue weighted by Crippen LogP contribution is -2.49. The van der Waals surface area contributed by atoms with E-state index in [2.05, 4.69) is 22.0 Å². The Morgan fingerprint density at radius 3 is 2.62 bits per heavy atom. The van der Waals surface area contributed by atoms with Crippen LogP contribution in [0.15, 0.2) is 30.5 Å². The molecule has 2 aromatic rings. The van der Waals surface area contributed by atoms with Gasteiger partial charge in [-0.1, -0.05) is 26.0 Å². The number of hydrogen-bond acceptors (Lipinski definition) is 6. The van der Waals surface area contributed by atoms with E-state index in [1.165, 1.54) is 7.11 Å². The lowest BCUT2D eigenvalue weighted by molar-refractivity contribution is -0.140. The van der Waals surface area contributed by atoms with Crippen LogP contribution in [0, 0.1) is 5.92 Å². The van der Waals surface area contributed by atoms with Gasteiger partial charge in [0, 0.05) is 44.2 Å². The maximum atomic E-state index is 12.2. The van der Waals surface area contributed by atoms with Gasteiger partial charge in [-0.3, -0.25) is 9.78 Å². The zero-order valence-electron chi connectivity index (χ0n) is 17.4. The summed E-state index contributed by atoms with van der Waals surface area (Å²) < 4.78 is 10.0. The summed E-state index contributed by atoms with van der Waals surface area (Å²) in [5.74, 6) is 0.114. The highest BCUT2D eigenvalue weighted by Crippen LogP contribution is 2.27. The molecule has 1 aromatic carbocycles. The van der Waals surface area contributed by atoms with E-state index in [1.807, 2.05) is 32.2 Å². The van der Waals surface area contributed by atoms with Crippen molar-refractivity contribution in [2.45, 2.75) is 26.7 Å². The predicted octanol–water partition coefficient (Wildman–Crippen LogP) is 3.26. The molecule has 2 heterocycles. The maximum absolute atomic E-state index is 12.2. The Morgan fingerprint density at radius 1 is 1.17 bits per heavy atom. The van der Waals surface area contributed by atoms with Crippen molar-refractivity contribution < 1.29 is 19.1 Å². The van der Waals surface area contributed by atoms with Gasteiger partial charge in [0.2, 0.25) is 0 Å². The lowest BCUT2D eigenvalue weighted by Gasteiger charge is -2.35. The molecule has 0 unspecified atom stereocenters. The lowest BCUT2D eigenvalue weighted by atomic mass is 10.1. The molecule has 0 radical (unpaired) electrons. The van der Waals surface area contributed by atoms with Gasteiger partial charge in [-0.15, -0.1) is 0 Å². The molecule has 1 aromatic heterocycles. The van der Waals surface area contributed by atoms with E-state index in [9.17, 15) is 9.59 Å². The van der Waals surface area contributed by atoms with Crippen molar-refractivity contribution in [2.24, 2.45) is 5.92 Å². The fraction of sp³-hybridized carbons (Fsp3) is 0.500. The van der Waals surface area contributed by atoms with Crippen LogP contribution in [-0.4, -0.2) is 61.8 Å². The third kappa shape index (κ3) is 5.37. The summed E-state index contributed by atoms with van der Waals surface area (Å²) >= 11 is 0. The summed E-state index contributed by atoms with van der Waals surface area (Å²) in [6.07, 6.45) is 2.55. The molecule has 7 nitrogen and oxygen atoms in total. The monoisotopic (exact) mass is 399 g/mol. The molecule has 29 heavy (non-hydrogen) atoms. The van der Waals surface area contributed by atoms with Gasteiger partial charge in [-0.2, -0.15) is 0 Å². The van der Waals surface area contributed by atoms with E-state index in [4.69, 9.17) is 9.47 Å². The number of hydrogen-bond donors (Lipinski definition) is 0. The van der Waals surface area contributed by atoms with Crippen LogP contribution < -0.4 is 4.90 Å². The molecule has 156 valence electrons.